The van der Waals surface area contributed by atoms with Crippen LogP contribution in [0.15, 0.2) is 12.3 Å². The second kappa shape index (κ2) is 5.26. The van der Waals surface area contributed by atoms with Gasteiger partial charge in [0.25, 0.3) is 0 Å². The molecule has 0 amide bonds. The molecular weight excluding hydrogens is 224 g/mol. The number of rotatable bonds is 3. The standard InChI is InChI=1S/C14H20N4/c1-3-10-4-5-12(9(10)2)18-14-13(16)11(8-15)6-7-17-14/h6-7,9-10,12H,3-5,16H2,1-2H3,(H,17,18). The monoisotopic (exact) mass is 244 g/mol. The van der Waals surface area contributed by atoms with Crippen LogP contribution in [0.1, 0.15) is 38.7 Å². The lowest BCUT2D eigenvalue weighted by atomic mass is 9.93. The average molecular weight is 244 g/mol. The molecule has 1 aliphatic rings. The van der Waals surface area contributed by atoms with Crippen molar-refractivity contribution in [3.05, 3.63) is 17.8 Å². The van der Waals surface area contributed by atoms with E-state index in [-0.39, 0.29) is 0 Å². The highest BCUT2D eigenvalue weighted by atomic mass is 15.0. The van der Waals surface area contributed by atoms with Crippen molar-refractivity contribution >= 4 is 11.5 Å². The summed E-state index contributed by atoms with van der Waals surface area (Å²) in [4.78, 5) is 4.25. The van der Waals surface area contributed by atoms with Gasteiger partial charge in [0.1, 0.15) is 6.07 Å². The molecule has 0 saturated heterocycles. The van der Waals surface area contributed by atoms with E-state index in [1.54, 1.807) is 12.3 Å². The van der Waals surface area contributed by atoms with Gasteiger partial charge in [0, 0.05) is 12.2 Å². The van der Waals surface area contributed by atoms with Crippen molar-refractivity contribution < 1.29 is 0 Å². The summed E-state index contributed by atoms with van der Waals surface area (Å²) in [7, 11) is 0. The Morgan fingerprint density at radius 3 is 2.94 bits per heavy atom. The minimum absolute atomic E-state index is 0.415. The number of pyridine rings is 1. The Balaban J connectivity index is 2.14. The Hall–Kier alpha value is -1.76. The highest BCUT2D eigenvalue weighted by Crippen LogP contribution is 2.36. The van der Waals surface area contributed by atoms with Crippen LogP contribution in [0.4, 0.5) is 11.5 Å². The van der Waals surface area contributed by atoms with E-state index in [1.165, 1.54) is 12.8 Å². The summed E-state index contributed by atoms with van der Waals surface area (Å²) in [5.41, 5.74) is 6.89. The van der Waals surface area contributed by atoms with E-state index in [4.69, 9.17) is 11.0 Å². The molecule has 1 aliphatic carbocycles. The Morgan fingerprint density at radius 2 is 2.33 bits per heavy atom. The molecule has 96 valence electrons. The number of hydrogen-bond donors (Lipinski definition) is 2. The molecule has 3 atom stereocenters. The Kier molecular flexibility index (Phi) is 3.71. The normalized spacial score (nSPS) is 26.8. The first-order chi connectivity index (χ1) is 8.67. The minimum Gasteiger partial charge on any atom is -0.395 e. The Morgan fingerprint density at radius 1 is 1.56 bits per heavy atom. The number of nitrogens with zero attached hydrogens (tertiary/aromatic N) is 2. The first-order valence-corrected chi connectivity index (χ1v) is 6.58. The van der Waals surface area contributed by atoms with Crippen LogP contribution in [-0.2, 0) is 0 Å². The number of hydrogen-bond acceptors (Lipinski definition) is 4. The summed E-state index contributed by atoms with van der Waals surface area (Å²) in [5, 5.41) is 12.4. The maximum atomic E-state index is 8.95. The smallest absolute Gasteiger partial charge is 0.150 e. The molecule has 1 fully saturated rings. The van der Waals surface area contributed by atoms with Crippen molar-refractivity contribution in [2.24, 2.45) is 11.8 Å². The largest absolute Gasteiger partial charge is 0.395 e. The first-order valence-electron chi connectivity index (χ1n) is 6.58. The van der Waals surface area contributed by atoms with Gasteiger partial charge in [-0.05, 0) is 30.7 Å². The van der Waals surface area contributed by atoms with Gasteiger partial charge in [0.05, 0.1) is 11.3 Å². The zero-order valence-corrected chi connectivity index (χ0v) is 11.0. The van der Waals surface area contributed by atoms with Gasteiger partial charge in [-0.25, -0.2) is 4.98 Å². The Bertz CT molecular complexity index is 463. The summed E-state index contributed by atoms with van der Waals surface area (Å²) >= 11 is 0. The van der Waals surface area contributed by atoms with Crippen molar-refractivity contribution in [3.8, 4) is 6.07 Å². The van der Waals surface area contributed by atoms with Gasteiger partial charge in [-0.1, -0.05) is 20.3 Å². The molecular formula is C14H20N4. The lowest BCUT2D eigenvalue weighted by Crippen LogP contribution is -2.25. The molecule has 1 saturated carbocycles. The summed E-state index contributed by atoms with van der Waals surface area (Å²) in [5.74, 6) is 2.06. The predicted octanol–water partition coefficient (Wildman–Crippen LogP) is 2.77. The highest BCUT2D eigenvalue weighted by molar-refractivity contribution is 5.69. The topological polar surface area (TPSA) is 74.7 Å². The molecule has 0 aliphatic heterocycles. The molecule has 4 heteroatoms. The number of nitrogens with one attached hydrogen (secondary N) is 1. The molecule has 0 spiro atoms. The van der Waals surface area contributed by atoms with E-state index in [0.717, 1.165) is 12.3 Å². The molecule has 2 rings (SSSR count). The van der Waals surface area contributed by atoms with E-state index < -0.39 is 0 Å². The van der Waals surface area contributed by atoms with E-state index in [0.29, 0.717) is 29.0 Å². The summed E-state index contributed by atoms with van der Waals surface area (Å²) in [6, 6.07) is 4.15. The SMILES string of the molecule is CCC1CCC(Nc2nccc(C#N)c2N)C1C. The van der Waals surface area contributed by atoms with Crippen LogP contribution in [0.2, 0.25) is 0 Å². The second-order valence-corrected chi connectivity index (χ2v) is 5.09. The molecule has 3 N–H and O–H groups in total. The second-order valence-electron chi connectivity index (χ2n) is 5.09. The van der Waals surface area contributed by atoms with Crippen LogP contribution >= 0.6 is 0 Å². The molecule has 1 aromatic rings. The molecule has 0 radical (unpaired) electrons. The van der Waals surface area contributed by atoms with Crippen molar-refractivity contribution in [2.45, 2.75) is 39.2 Å². The average Bonchev–Trinajstić information content (AvgIpc) is 2.73. The molecule has 0 aromatic carbocycles. The van der Waals surface area contributed by atoms with E-state index >= 15 is 0 Å². The van der Waals surface area contributed by atoms with Gasteiger partial charge in [0.15, 0.2) is 5.82 Å². The fraction of sp³-hybridized carbons (Fsp3) is 0.571. The molecule has 4 nitrogen and oxygen atoms in total. The van der Waals surface area contributed by atoms with Crippen LogP contribution in [0, 0.1) is 23.2 Å². The van der Waals surface area contributed by atoms with E-state index in [9.17, 15) is 0 Å². The van der Waals surface area contributed by atoms with E-state index in [2.05, 4.69) is 30.2 Å². The van der Waals surface area contributed by atoms with Crippen LogP contribution in [0.5, 0.6) is 0 Å². The molecule has 0 bridgehead atoms. The van der Waals surface area contributed by atoms with Gasteiger partial charge in [-0.15, -0.1) is 0 Å². The summed E-state index contributed by atoms with van der Waals surface area (Å²) < 4.78 is 0. The molecule has 3 unspecified atom stereocenters. The maximum absolute atomic E-state index is 8.95. The van der Waals surface area contributed by atoms with Gasteiger partial charge >= 0.3 is 0 Å². The number of nitriles is 1. The molecule has 1 aromatic heterocycles. The number of nitrogen functional groups attached to an aromatic ring is 1. The predicted molar refractivity (Wildman–Crippen MR) is 73.0 cm³/mol. The van der Waals surface area contributed by atoms with Crippen LogP contribution in [0.25, 0.3) is 0 Å². The zero-order chi connectivity index (χ0) is 13.1. The van der Waals surface area contributed by atoms with Gasteiger partial charge in [0.2, 0.25) is 0 Å². The van der Waals surface area contributed by atoms with Gasteiger partial charge < -0.3 is 11.1 Å². The van der Waals surface area contributed by atoms with Crippen molar-refractivity contribution in [2.75, 3.05) is 11.1 Å². The third-order valence-electron chi connectivity index (χ3n) is 4.18. The maximum Gasteiger partial charge on any atom is 0.150 e. The first kappa shape index (κ1) is 12.7. The molecule has 18 heavy (non-hydrogen) atoms. The van der Waals surface area contributed by atoms with Gasteiger partial charge in [-0.2, -0.15) is 5.26 Å². The number of nitrogens with two attached hydrogens (primary N) is 1. The van der Waals surface area contributed by atoms with Gasteiger partial charge in [-0.3, -0.25) is 0 Å². The van der Waals surface area contributed by atoms with Crippen molar-refractivity contribution in [1.82, 2.24) is 4.98 Å². The summed E-state index contributed by atoms with van der Waals surface area (Å²) in [6.45, 7) is 4.52. The highest BCUT2D eigenvalue weighted by Gasteiger charge is 2.31. The van der Waals surface area contributed by atoms with Crippen LogP contribution < -0.4 is 11.1 Å². The fourth-order valence-corrected chi connectivity index (χ4v) is 2.89. The summed E-state index contributed by atoms with van der Waals surface area (Å²) in [6.07, 6.45) is 5.26. The van der Waals surface area contributed by atoms with Crippen LogP contribution in [-0.4, -0.2) is 11.0 Å². The lowest BCUT2D eigenvalue weighted by molar-refractivity contribution is 0.391. The quantitative estimate of drug-likeness (QED) is 0.857. The fourth-order valence-electron chi connectivity index (χ4n) is 2.89. The number of aromatic nitrogens is 1. The Labute approximate surface area is 108 Å². The van der Waals surface area contributed by atoms with Crippen LogP contribution in [0.3, 0.4) is 0 Å². The third-order valence-corrected chi connectivity index (χ3v) is 4.18. The lowest BCUT2D eigenvalue weighted by Gasteiger charge is -2.22. The van der Waals surface area contributed by atoms with E-state index in [1.807, 2.05) is 0 Å². The van der Waals surface area contributed by atoms with Crippen molar-refractivity contribution in [3.63, 3.8) is 0 Å². The minimum atomic E-state index is 0.415. The third kappa shape index (κ3) is 2.26. The zero-order valence-electron chi connectivity index (χ0n) is 11.0. The van der Waals surface area contributed by atoms with Crippen molar-refractivity contribution in [1.29, 1.82) is 5.26 Å². The number of anilines is 2. The molecule has 1 heterocycles.